The van der Waals surface area contributed by atoms with Gasteiger partial charge in [-0.25, -0.2) is 4.98 Å². The highest BCUT2D eigenvalue weighted by atomic mass is 127. The van der Waals surface area contributed by atoms with Crippen LogP contribution in [-0.2, 0) is 11.3 Å². The summed E-state index contributed by atoms with van der Waals surface area (Å²) in [6, 6.07) is 17.0. The van der Waals surface area contributed by atoms with Crippen molar-refractivity contribution in [1.82, 2.24) is 20.2 Å². The Kier molecular flexibility index (Phi) is 9.35. The summed E-state index contributed by atoms with van der Waals surface area (Å²) >= 11 is 0. The van der Waals surface area contributed by atoms with Gasteiger partial charge in [-0.15, -0.1) is 24.0 Å². The normalized spacial score (nSPS) is 18.9. The summed E-state index contributed by atoms with van der Waals surface area (Å²) < 4.78 is 8.36. The number of imidazole rings is 1. The molecule has 6 nitrogen and oxygen atoms in total. The largest absolute Gasteiger partial charge is 0.373 e. The highest BCUT2D eigenvalue weighted by molar-refractivity contribution is 14.0. The standard InChI is InChI=1S/C25H33N5O.HI/c1-19-10-12-20(13-11-19)24-21(7-5-16-31-24)17-28-25(26-2)27-14-6-15-30-18-29-22-8-3-4-9-23(22)30;/h3-4,8-13,18,21,24H,5-7,14-17H2,1-2H3,(H2,26,27,28);1H. The molecule has 3 aromatic rings. The van der Waals surface area contributed by atoms with Gasteiger partial charge >= 0.3 is 0 Å². The molecule has 1 saturated heterocycles. The number of aromatic nitrogens is 2. The molecule has 0 bridgehead atoms. The molecule has 0 aliphatic carbocycles. The second kappa shape index (κ2) is 12.2. The molecule has 2 heterocycles. The van der Waals surface area contributed by atoms with Gasteiger partial charge < -0.3 is 19.9 Å². The number of guanidine groups is 1. The van der Waals surface area contributed by atoms with E-state index in [0.29, 0.717) is 5.92 Å². The fourth-order valence-corrected chi connectivity index (χ4v) is 4.27. The molecule has 0 radical (unpaired) electrons. The molecule has 1 aromatic heterocycles. The lowest BCUT2D eigenvalue weighted by Gasteiger charge is -2.32. The van der Waals surface area contributed by atoms with Crippen LogP contribution in [0.1, 0.15) is 36.5 Å². The summed E-state index contributed by atoms with van der Waals surface area (Å²) in [6.07, 6.45) is 5.34. The average molecular weight is 547 g/mol. The summed E-state index contributed by atoms with van der Waals surface area (Å²) in [5, 5.41) is 6.96. The minimum atomic E-state index is 0. The van der Waals surface area contributed by atoms with Crippen molar-refractivity contribution in [2.24, 2.45) is 10.9 Å². The molecule has 0 amide bonds. The van der Waals surface area contributed by atoms with Crippen LogP contribution in [0.4, 0.5) is 0 Å². The fraction of sp³-hybridized carbons (Fsp3) is 0.440. The number of rotatable bonds is 7. The minimum Gasteiger partial charge on any atom is -0.373 e. The molecule has 2 aromatic carbocycles. The van der Waals surface area contributed by atoms with Gasteiger partial charge in [-0.05, 0) is 43.9 Å². The Labute approximate surface area is 207 Å². The van der Waals surface area contributed by atoms with E-state index < -0.39 is 0 Å². The molecule has 1 aliphatic heterocycles. The van der Waals surface area contributed by atoms with Gasteiger partial charge in [0.1, 0.15) is 0 Å². The van der Waals surface area contributed by atoms with Crippen LogP contribution < -0.4 is 10.6 Å². The van der Waals surface area contributed by atoms with E-state index in [-0.39, 0.29) is 30.1 Å². The first-order chi connectivity index (χ1) is 15.2. The first kappa shape index (κ1) is 24.5. The molecule has 2 unspecified atom stereocenters. The fourth-order valence-electron chi connectivity index (χ4n) is 4.27. The molecule has 4 rings (SSSR count). The second-order valence-corrected chi connectivity index (χ2v) is 8.26. The zero-order chi connectivity index (χ0) is 21.5. The van der Waals surface area contributed by atoms with E-state index >= 15 is 0 Å². The van der Waals surface area contributed by atoms with E-state index in [1.54, 1.807) is 0 Å². The molecule has 0 spiro atoms. The summed E-state index contributed by atoms with van der Waals surface area (Å²) in [6.45, 7) is 5.59. The number of aliphatic imine (C=N–C) groups is 1. The van der Waals surface area contributed by atoms with Gasteiger partial charge in [-0.3, -0.25) is 4.99 Å². The predicted molar refractivity (Wildman–Crippen MR) is 142 cm³/mol. The van der Waals surface area contributed by atoms with E-state index in [1.165, 1.54) is 16.6 Å². The molecular formula is C25H34IN5O. The van der Waals surface area contributed by atoms with Gasteiger partial charge in [0.15, 0.2) is 5.96 Å². The van der Waals surface area contributed by atoms with E-state index in [0.717, 1.165) is 57.0 Å². The number of hydrogen-bond acceptors (Lipinski definition) is 3. The van der Waals surface area contributed by atoms with Crippen molar-refractivity contribution in [3.8, 4) is 0 Å². The number of halogens is 1. The van der Waals surface area contributed by atoms with Gasteiger partial charge in [0.05, 0.1) is 23.5 Å². The van der Waals surface area contributed by atoms with Crippen LogP contribution >= 0.6 is 24.0 Å². The molecule has 1 aliphatic rings. The van der Waals surface area contributed by atoms with Crippen molar-refractivity contribution >= 4 is 41.0 Å². The van der Waals surface area contributed by atoms with Crippen LogP contribution in [0.2, 0.25) is 0 Å². The van der Waals surface area contributed by atoms with Gasteiger partial charge in [-0.2, -0.15) is 0 Å². The van der Waals surface area contributed by atoms with Gasteiger partial charge in [0.2, 0.25) is 0 Å². The number of hydrogen-bond donors (Lipinski definition) is 2. The third-order valence-corrected chi connectivity index (χ3v) is 6.00. The van der Waals surface area contributed by atoms with E-state index in [4.69, 9.17) is 4.74 Å². The van der Waals surface area contributed by atoms with Crippen molar-refractivity contribution < 1.29 is 4.74 Å². The summed E-state index contributed by atoms with van der Waals surface area (Å²) in [5.41, 5.74) is 4.78. The van der Waals surface area contributed by atoms with Crippen molar-refractivity contribution in [2.75, 3.05) is 26.7 Å². The number of aryl methyl sites for hydroxylation is 2. The zero-order valence-corrected chi connectivity index (χ0v) is 21.3. The zero-order valence-electron chi connectivity index (χ0n) is 19.0. The van der Waals surface area contributed by atoms with Crippen LogP contribution in [0.5, 0.6) is 0 Å². The first-order valence-corrected chi connectivity index (χ1v) is 11.3. The second-order valence-electron chi connectivity index (χ2n) is 8.26. The number of fused-ring (bicyclic) bond motifs is 1. The number of nitrogens with zero attached hydrogens (tertiary/aromatic N) is 3. The Hall–Kier alpha value is -2.13. The van der Waals surface area contributed by atoms with E-state index in [9.17, 15) is 0 Å². The number of para-hydroxylation sites is 2. The highest BCUT2D eigenvalue weighted by Gasteiger charge is 2.27. The van der Waals surface area contributed by atoms with Crippen LogP contribution in [-0.4, -0.2) is 42.3 Å². The Morgan fingerprint density at radius 1 is 1.16 bits per heavy atom. The van der Waals surface area contributed by atoms with E-state index in [2.05, 4.69) is 74.6 Å². The molecule has 7 heteroatoms. The van der Waals surface area contributed by atoms with Crippen molar-refractivity contribution in [3.63, 3.8) is 0 Å². The Balaban J connectivity index is 0.00000289. The lowest BCUT2D eigenvalue weighted by Crippen LogP contribution is -2.42. The summed E-state index contributed by atoms with van der Waals surface area (Å²) in [5.74, 6) is 1.29. The Morgan fingerprint density at radius 2 is 1.97 bits per heavy atom. The van der Waals surface area contributed by atoms with Crippen LogP contribution in [0.15, 0.2) is 59.9 Å². The first-order valence-electron chi connectivity index (χ1n) is 11.3. The SMILES string of the molecule is CN=C(NCCCn1cnc2ccccc21)NCC1CCCOC1c1ccc(C)cc1.I. The Bertz CT molecular complexity index is 1000. The maximum Gasteiger partial charge on any atom is 0.190 e. The molecule has 172 valence electrons. The molecule has 2 N–H and O–H groups in total. The molecular weight excluding hydrogens is 513 g/mol. The van der Waals surface area contributed by atoms with Gasteiger partial charge in [0, 0.05) is 39.2 Å². The van der Waals surface area contributed by atoms with Crippen LogP contribution in [0.3, 0.4) is 0 Å². The third-order valence-electron chi connectivity index (χ3n) is 6.00. The maximum absolute atomic E-state index is 6.15. The van der Waals surface area contributed by atoms with Crippen LogP contribution in [0, 0.1) is 12.8 Å². The average Bonchev–Trinajstić information content (AvgIpc) is 3.22. The lowest BCUT2D eigenvalue weighted by molar-refractivity contribution is -0.0265. The molecule has 0 saturated carbocycles. The van der Waals surface area contributed by atoms with Crippen molar-refractivity contribution in [1.29, 1.82) is 0 Å². The van der Waals surface area contributed by atoms with Crippen molar-refractivity contribution in [3.05, 3.63) is 66.0 Å². The molecule has 32 heavy (non-hydrogen) atoms. The maximum atomic E-state index is 6.15. The number of ether oxygens (including phenoxy) is 1. The van der Waals surface area contributed by atoms with Gasteiger partial charge in [-0.1, -0.05) is 42.0 Å². The van der Waals surface area contributed by atoms with E-state index in [1.807, 2.05) is 19.4 Å². The monoisotopic (exact) mass is 547 g/mol. The topological polar surface area (TPSA) is 63.5 Å². The summed E-state index contributed by atoms with van der Waals surface area (Å²) in [4.78, 5) is 8.86. The predicted octanol–water partition coefficient (Wildman–Crippen LogP) is 4.69. The minimum absolute atomic E-state index is 0. The molecule has 2 atom stereocenters. The lowest BCUT2D eigenvalue weighted by atomic mass is 9.89. The molecule has 1 fully saturated rings. The number of nitrogens with one attached hydrogen (secondary N) is 2. The van der Waals surface area contributed by atoms with Gasteiger partial charge in [0.25, 0.3) is 0 Å². The van der Waals surface area contributed by atoms with Crippen molar-refractivity contribution in [2.45, 2.75) is 38.8 Å². The Morgan fingerprint density at radius 3 is 2.78 bits per heavy atom. The third kappa shape index (κ3) is 6.22. The highest BCUT2D eigenvalue weighted by Crippen LogP contribution is 2.33. The quantitative estimate of drug-likeness (QED) is 0.195. The smallest absolute Gasteiger partial charge is 0.190 e. The number of benzene rings is 2. The van der Waals surface area contributed by atoms with Crippen LogP contribution in [0.25, 0.3) is 11.0 Å². The summed E-state index contributed by atoms with van der Waals surface area (Å²) in [7, 11) is 1.83.